The van der Waals surface area contributed by atoms with Crippen molar-refractivity contribution < 1.29 is 61.3 Å². The monoisotopic (exact) mass is 436 g/mol. The van der Waals surface area contributed by atoms with Crippen LogP contribution in [0.25, 0.3) is 11.4 Å². The summed E-state index contributed by atoms with van der Waals surface area (Å²) in [5.41, 5.74) is 6.01. The maximum atomic E-state index is 9.85. The van der Waals surface area contributed by atoms with Crippen LogP contribution in [0.1, 0.15) is 12.8 Å². The van der Waals surface area contributed by atoms with Crippen LogP contribution < -0.4 is 29.5 Å². The summed E-state index contributed by atoms with van der Waals surface area (Å²) in [7, 11) is -4.94. The van der Waals surface area contributed by atoms with Gasteiger partial charge in [-0.15, -0.1) is 10.2 Å². The van der Waals surface area contributed by atoms with Gasteiger partial charge in [0.2, 0.25) is 0 Å². The van der Waals surface area contributed by atoms with E-state index >= 15 is 0 Å². The van der Waals surface area contributed by atoms with E-state index in [2.05, 4.69) is 9.97 Å². The van der Waals surface area contributed by atoms with Crippen molar-refractivity contribution in [2.75, 3.05) is 0 Å². The summed E-state index contributed by atoms with van der Waals surface area (Å²) in [6.07, 6.45) is 4.69. The van der Waals surface area contributed by atoms with Gasteiger partial charge in [-0.25, -0.2) is 18.6 Å². The molecule has 3 rings (SSSR count). The normalized spacial score (nSPS) is 13.3. The van der Waals surface area contributed by atoms with Crippen molar-refractivity contribution in [2.45, 2.75) is 18.4 Å². The molecule has 2 aromatic heterocycles. The average Bonchev–Trinajstić information content (AvgIpc) is 3.28. The molecule has 1 radical (unpaired) electrons. The van der Waals surface area contributed by atoms with Crippen LogP contribution in [0.5, 0.6) is 0 Å². The molecule has 1 fully saturated rings. The van der Waals surface area contributed by atoms with Gasteiger partial charge < -0.3 is 21.1 Å². The molecule has 0 atom stereocenters. The number of aromatic nitrogens is 2. The molecule has 1 aliphatic rings. The number of hydrogen-bond donors (Lipinski definition) is 1. The predicted molar refractivity (Wildman–Crippen MR) is 72.2 cm³/mol. The second kappa shape index (κ2) is 11.9. The Bertz CT molecular complexity index is 596. The van der Waals surface area contributed by atoms with Gasteiger partial charge in [0.05, 0.1) is 22.9 Å². The third-order valence-corrected chi connectivity index (χ3v) is 2.79. The quantitative estimate of drug-likeness (QED) is 0.443. The molecule has 0 bridgehead atoms. The van der Waals surface area contributed by atoms with E-state index in [4.69, 9.17) is 24.4 Å². The minimum Gasteiger partial charge on any atom is -0.548 e. The van der Waals surface area contributed by atoms with E-state index in [1.807, 2.05) is 36.4 Å². The molecule has 0 unspecified atom stereocenters. The smallest absolute Gasteiger partial charge is 0.548 e. The molecule has 0 spiro atoms. The standard InChI is InChI=1S/C10H8N2.C4H7NO2.ClHO4.Cu.H2O/c1-3-7-11-9(5-1)10-6-2-4-8-12-10;5-4(1-2-4)3(6)7;2-1(3,4)5;;/h1-8H;1-2,5H2,(H,6,7);(H,2,3,4,5);;1H2/q;;;+2;/p-2. The summed E-state index contributed by atoms with van der Waals surface area (Å²) in [6.45, 7) is 0. The summed E-state index contributed by atoms with van der Waals surface area (Å²) < 4.78 is 34.0. The van der Waals surface area contributed by atoms with Gasteiger partial charge in [-0.05, 0) is 37.1 Å². The Balaban J connectivity index is 0. The molecule has 2 heterocycles. The van der Waals surface area contributed by atoms with Crippen LogP contribution in [0.15, 0.2) is 48.8 Å². The number of carboxylic acid groups (broad SMARTS) is 1. The Morgan fingerprint density at radius 3 is 1.46 bits per heavy atom. The molecule has 0 aliphatic heterocycles. The summed E-state index contributed by atoms with van der Waals surface area (Å²) in [5.74, 6) is -1.12. The number of pyridine rings is 2. The molecule has 0 amide bonds. The SMILES string of the molecule is NC1(C(=O)[O-])CC1.O.[Cu+2].[O-][Cl+3]([O-])([O-])[O-].c1ccc(-c2ccccn2)nc1. The maximum absolute atomic E-state index is 9.85. The Morgan fingerprint density at radius 1 is 0.962 bits per heavy atom. The molecule has 2 aromatic rings. The van der Waals surface area contributed by atoms with Crippen LogP contribution in [0, 0.1) is 10.2 Å². The number of carbonyl (C=O) groups excluding carboxylic acids is 1. The zero-order chi connectivity index (χ0) is 18.2. The zero-order valence-corrected chi connectivity index (χ0v) is 14.8. The van der Waals surface area contributed by atoms with Gasteiger partial charge in [-0.1, -0.05) is 12.1 Å². The first kappa shape index (κ1) is 26.6. The van der Waals surface area contributed by atoms with Gasteiger partial charge >= 0.3 is 17.1 Å². The largest absolute Gasteiger partial charge is 2.00 e. The molecule has 147 valence electrons. The predicted octanol–water partition coefficient (Wildman–Crippen LogP) is -5.21. The van der Waals surface area contributed by atoms with Gasteiger partial charge in [0.25, 0.3) is 0 Å². The number of hydrogen-bond acceptors (Lipinski definition) is 9. The molecular weight excluding hydrogens is 421 g/mol. The van der Waals surface area contributed by atoms with Crippen LogP contribution in [-0.2, 0) is 21.9 Å². The van der Waals surface area contributed by atoms with Gasteiger partial charge in [-0.2, -0.15) is 0 Å². The molecule has 4 N–H and O–H groups in total. The van der Waals surface area contributed by atoms with Crippen molar-refractivity contribution in [1.82, 2.24) is 9.97 Å². The molecule has 26 heavy (non-hydrogen) atoms. The number of nitrogens with zero attached hydrogens (tertiary/aromatic N) is 2. The topological polar surface area (TPSA) is 216 Å². The second-order valence-electron chi connectivity index (χ2n) is 4.75. The number of rotatable bonds is 2. The average molecular weight is 437 g/mol. The van der Waals surface area contributed by atoms with Gasteiger partial charge in [0.15, 0.2) is 0 Å². The fourth-order valence-electron chi connectivity index (χ4n) is 1.37. The fraction of sp³-hybridized carbons (Fsp3) is 0.214. The van der Waals surface area contributed by atoms with Crippen molar-refractivity contribution in [2.24, 2.45) is 5.73 Å². The molecule has 0 saturated heterocycles. The van der Waals surface area contributed by atoms with Crippen LogP contribution >= 0.6 is 0 Å². The molecular formula is C14H16ClCuN3O7. The number of aliphatic carboxylic acids is 1. The Hall–Kier alpha value is -1.66. The van der Waals surface area contributed by atoms with E-state index in [-0.39, 0.29) is 22.5 Å². The van der Waals surface area contributed by atoms with E-state index in [1.54, 1.807) is 12.4 Å². The van der Waals surface area contributed by atoms with Crippen LogP contribution in [0.4, 0.5) is 0 Å². The first-order valence-corrected chi connectivity index (χ1v) is 7.80. The van der Waals surface area contributed by atoms with Gasteiger partial charge in [0, 0.05) is 12.4 Å². The van der Waals surface area contributed by atoms with Crippen molar-refractivity contribution in [1.29, 1.82) is 0 Å². The number of carbonyl (C=O) groups is 1. The first-order chi connectivity index (χ1) is 11.1. The minimum absolute atomic E-state index is 0. The van der Waals surface area contributed by atoms with E-state index < -0.39 is 21.8 Å². The van der Waals surface area contributed by atoms with Gasteiger partial charge in [-0.3, -0.25) is 9.97 Å². The molecule has 0 aromatic carbocycles. The van der Waals surface area contributed by atoms with E-state index in [9.17, 15) is 9.90 Å². The summed E-state index contributed by atoms with van der Waals surface area (Å²) in [5, 5.41) is 9.85. The summed E-state index contributed by atoms with van der Waals surface area (Å²) in [6, 6.07) is 11.6. The Morgan fingerprint density at radius 2 is 1.31 bits per heavy atom. The summed E-state index contributed by atoms with van der Waals surface area (Å²) >= 11 is 0. The minimum atomic E-state index is -4.94. The Kier molecular flexibility index (Phi) is 12.1. The molecule has 1 aliphatic carbocycles. The zero-order valence-electron chi connectivity index (χ0n) is 13.1. The number of halogens is 1. The number of carboxylic acids is 1. The van der Waals surface area contributed by atoms with Crippen LogP contribution in [-0.4, -0.2) is 27.0 Å². The maximum Gasteiger partial charge on any atom is 2.00 e. The molecule has 12 heteroatoms. The van der Waals surface area contributed by atoms with Gasteiger partial charge in [0.1, 0.15) is 0 Å². The van der Waals surface area contributed by atoms with Crippen LogP contribution in [0.2, 0.25) is 0 Å². The van der Waals surface area contributed by atoms with E-state index in [1.165, 1.54) is 0 Å². The van der Waals surface area contributed by atoms with Crippen molar-refractivity contribution >= 4 is 5.97 Å². The third kappa shape index (κ3) is 11.8. The molecule has 10 nitrogen and oxygen atoms in total. The second-order valence-corrected chi connectivity index (χ2v) is 5.51. The van der Waals surface area contributed by atoms with E-state index in [0.29, 0.717) is 12.8 Å². The molecule has 1 saturated carbocycles. The summed E-state index contributed by atoms with van der Waals surface area (Å²) in [4.78, 5) is 18.2. The van der Waals surface area contributed by atoms with E-state index in [0.717, 1.165) is 11.4 Å². The van der Waals surface area contributed by atoms with Crippen molar-refractivity contribution in [3.05, 3.63) is 48.8 Å². The Labute approximate surface area is 161 Å². The van der Waals surface area contributed by atoms with Crippen molar-refractivity contribution in [3.63, 3.8) is 0 Å². The first-order valence-electron chi connectivity index (χ1n) is 6.56. The van der Waals surface area contributed by atoms with Crippen molar-refractivity contribution in [3.8, 4) is 11.4 Å². The third-order valence-electron chi connectivity index (χ3n) is 2.79. The van der Waals surface area contributed by atoms with Crippen LogP contribution in [0.3, 0.4) is 0 Å². The fourth-order valence-corrected chi connectivity index (χ4v) is 1.37. The number of nitrogens with two attached hydrogens (primary N) is 1.